The number of anilines is 2. The van der Waals surface area contributed by atoms with Gasteiger partial charge in [0.05, 0.1) is 28.4 Å². The summed E-state index contributed by atoms with van der Waals surface area (Å²) in [5.74, 6) is -0.593. The maximum Gasteiger partial charge on any atom is 0.416 e. The van der Waals surface area contributed by atoms with E-state index >= 15 is 0 Å². The molecular formula is C32H28F6N4O2S. The number of carbonyl (C=O) groups excluding carboxylic acids is 2. The van der Waals surface area contributed by atoms with E-state index < -0.39 is 41.0 Å². The molecule has 0 radical (unpaired) electrons. The maximum absolute atomic E-state index is 13.7. The number of rotatable bonds is 5. The number of aliphatic imine (C=N–C) groups is 1. The molecule has 1 unspecified atom stereocenters. The third-order valence-corrected chi connectivity index (χ3v) is 8.54. The monoisotopic (exact) mass is 646 g/mol. The molecule has 2 aliphatic heterocycles. The van der Waals surface area contributed by atoms with Gasteiger partial charge in [0.25, 0.3) is 11.8 Å². The van der Waals surface area contributed by atoms with Crippen molar-refractivity contribution in [3.8, 4) is 0 Å². The minimum Gasteiger partial charge on any atom is -0.340 e. The molecule has 0 bridgehead atoms. The summed E-state index contributed by atoms with van der Waals surface area (Å²) >= 11 is 1.58. The van der Waals surface area contributed by atoms with Crippen molar-refractivity contribution >= 4 is 40.1 Å². The van der Waals surface area contributed by atoms with Crippen LogP contribution in [0.5, 0.6) is 0 Å². The highest BCUT2D eigenvalue weighted by atomic mass is 32.2. The maximum atomic E-state index is 13.7. The van der Waals surface area contributed by atoms with Crippen LogP contribution in [0.25, 0.3) is 0 Å². The molecule has 2 N–H and O–H groups in total. The number of halogens is 6. The van der Waals surface area contributed by atoms with Crippen LogP contribution in [0.2, 0.25) is 0 Å². The van der Waals surface area contributed by atoms with Gasteiger partial charge in [-0.15, -0.1) is 0 Å². The van der Waals surface area contributed by atoms with E-state index in [0.717, 1.165) is 28.5 Å². The van der Waals surface area contributed by atoms with Crippen molar-refractivity contribution in [2.45, 2.75) is 45.6 Å². The number of allylic oxidation sites excluding steroid dienone is 1. The predicted octanol–water partition coefficient (Wildman–Crippen LogP) is 8.36. The Balaban J connectivity index is 1.44. The van der Waals surface area contributed by atoms with Crippen LogP contribution >= 0.6 is 11.8 Å². The Bertz CT molecular complexity index is 1680. The molecule has 13 heteroatoms. The molecule has 0 spiro atoms. The average Bonchev–Trinajstić information content (AvgIpc) is 2.97. The van der Waals surface area contributed by atoms with Crippen molar-refractivity contribution in [1.82, 2.24) is 4.90 Å². The van der Waals surface area contributed by atoms with Gasteiger partial charge < -0.3 is 15.5 Å². The first-order valence-electron chi connectivity index (χ1n) is 13.9. The summed E-state index contributed by atoms with van der Waals surface area (Å²) in [6.07, 6.45) is -9.31. The molecule has 236 valence electrons. The van der Waals surface area contributed by atoms with Gasteiger partial charge in [-0.25, -0.2) is 4.99 Å². The minimum atomic E-state index is -5.08. The predicted molar refractivity (Wildman–Crippen MR) is 162 cm³/mol. The Morgan fingerprint density at radius 3 is 2.09 bits per heavy atom. The number of benzene rings is 3. The normalized spacial score (nSPS) is 17.0. The largest absolute Gasteiger partial charge is 0.416 e. The van der Waals surface area contributed by atoms with E-state index in [1.54, 1.807) is 30.8 Å². The van der Waals surface area contributed by atoms with E-state index in [1.165, 1.54) is 12.1 Å². The van der Waals surface area contributed by atoms with Gasteiger partial charge in [0.1, 0.15) is 0 Å². The van der Waals surface area contributed by atoms with Crippen molar-refractivity contribution in [2.75, 3.05) is 22.9 Å². The Morgan fingerprint density at radius 2 is 1.49 bits per heavy atom. The molecule has 1 atom stereocenters. The summed E-state index contributed by atoms with van der Waals surface area (Å²) in [5, 5.41) is 6.16. The summed E-state index contributed by atoms with van der Waals surface area (Å²) < 4.78 is 79.8. The Morgan fingerprint density at radius 1 is 0.844 bits per heavy atom. The molecule has 1 saturated heterocycles. The molecule has 2 heterocycles. The molecule has 0 aliphatic carbocycles. The van der Waals surface area contributed by atoms with Crippen LogP contribution in [0, 0.1) is 13.8 Å². The second-order valence-electron chi connectivity index (χ2n) is 10.8. The highest BCUT2D eigenvalue weighted by Gasteiger charge is 2.39. The summed E-state index contributed by atoms with van der Waals surface area (Å²) in [4.78, 5) is 33.3. The lowest BCUT2D eigenvalue weighted by Crippen LogP contribution is -2.43. The van der Waals surface area contributed by atoms with Crippen molar-refractivity contribution in [3.05, 3.63) is 105 Å². The summed E-state index contributed by atoms with van der Waals surface area (Å²) in [7, 11) is 0. The lowest BCUT2D eigenvalue weighted by Gasteiger charge is -2.41. The number of aryl methyl sites for hydroxylation is 2. The molecule has 2 aliphatic rings. The van der Waals surface area contributed by atoms with Crippen molar-refractivity contribution in [3.63, 3.8) is 0 Å². The van der Waals surface area contributed by atoms with Gasteiger partial charge >= 0.3 is 12.4 Å². The third kappa shape index (κ3) is 7.03. The fourth-order valence-corrected chi connectivity index (χ4v) is 6.31. The SMILES string of the molecule is CC1=C(C(=O)Nc2ccc(C)cc2C)C(c2ccc(NC(=O)c3cc(C(F)(F)F)cc(C(F)(F)F)c3)cc2)N2CCCSC2=N1. The molecule has 1 fully saturated rings. The zero-order chi connectivity index (χ0) is 32.7. The highest BCUT2D eigenvalue weighted by Crippen LogP contribution is 2.41. The quantitative estimate of drug-likeness (QED) is 0.273. The van der Waals surface area contributed by atoms with E-state index in [9.17, 15) is 35.9 Å². The van der Waals surface area contributed by atoms with E-state index in [1.807, 2.05) is 36.9 Å². The van der Waals surface area contributed by atoms with E-state index in [2.05, 4.69) is 10.6 Å². The number of hydrogen-bond acceptors (Lipinski definition) is 5. The summed E-state index contributed by atoms with van der Waals surface area (Å²) in [5.41, 5.74) is 0.471. The standard InChI is InChI=1S/C32H28F6N4O2S/c1-17-5-10-25(18(2)13-17)41-29(44)26-19(3)39-30-42(11-4-12-45-30)27(26)20-6-8-24(9-7-20)40-28(43)21-14-22(31(33,34)35)16-23(15-21)32(36,37)38/h5-10,13-16,27H,4,11-12H2,1-3H3,(H,40,43)(H,41,44). The number of nitrogens with one attached hydrogen (secondary N) is 2. The van der Waals surface area contributed by atoms with Crippen LogP contribution in [0.4, 0.5) is 37.7 Å². The molecule has 6 nitrogen and oxygen atoms in total. The molecule has 3 aromatic carbocycles. The third-order valence-electron chi connectivity index (χ3n) is 7.47. The smallest absolute Gasteiger partial charge is 0.340 e. The van der Waals surface area contributed by atoms with Crippen LogP contribution in [0.1, 0.15) is 57.6 Å². The number of nitrogens with zero attached hydrogens (tertiary/aromatic N) is 2. The van der Waals surface area contributed by atoms with Gasteiger partial charge in [-0.3, -0.25) is 9.59 Å². The average molecular weight is 647 g/mol. The number of hydrogen-bond donors (Lipinski definition) is 2. The first-order valence-corrected chi connectivity index (χ1v) is 14.9. The number of alkyl halides is 6. The molecule has 3 aromatic rings. The van der Waals surface area contributed by atoms with Crippen molar-refractivity contribution in [1.29, 1.82) is 0 Å². The van der Waals surface area contributed by atoms with Crippen LogP contribution < -0.4 is 10.6 Å². The number of fused-ring (bicyclic) bond motifs is 1. The lowest BCUT2D eigenvalue weighted by atomic mass is 9.93. The fourth-order valence-electron chi connectivity index (χ4n) is 5.29. The number of carbonyl (C=O) groups is 2. The summed E-state index contributed by atoms with van der Waals surface area (Å²) in [6, 6.07) is 12.2. The van der Waals surface area contributed by atoms with Crippen LogP contribution in [-0.4, -0.2) is 34.2 Å². The van der Waals surface area contributed by atoms with Gasteiger partial charge in [0.15, 0.2) is 5.17 Å². The molecule has 45 heavy (non-hydrogen) atoms. The highest BCUT2D eigenvalue weighted by molar-refractivity contribution is 8.13. The van der Waals surface area contributed by atoms with Crippen LogP contribution in [0.3, 0.4) is 0 Å². The molecule has 2 amide bonds. The topological polar surface area (TPSA) is 73.8 Å². The van der Waals surface area contributed by atoms with Gasteiger partial charge in [-0.05, 0) is 74.7 Å². The molecular weight excluding hydrogens is 618 g/mol. The molecule has 5 rings (SSSR count). The fraction of sp³-hybridized carbons (Fsp3) is 0.281. The van der Waals surface area contributed by atoms with Gasteiger partial charge in [0, 0.05) is 29.2 Å². The Labute approximate surface area is 259 Å². The summed E-state index contributed by atoms with van der Waals surface area (Å²) in [6.45, 7) is 6.26. The van der Waals surface area contributed by atoms with E-state index in [0.29, 0.717) is 41.2 Å². The second kappa shape index (κ2) is 12.3. The molecule has 0 aromatic heterocycles. The zero-order valence-corrected chi connectivity index (χ0v) is 25.2. The van der Waals surface area contributed by atoms with Gasteiger partial charge in [-0.1, -0.05) is 41.6 Å². The zero-order valence-electron chi connectivity index (χ0n) is 24.4. The van der Waals surface area contributed by atoms with Crippen molar-refractivity contribution in [2.24, 2.45) is 4.99 Å². The van der Waals surface area contributed by atoms with Crippen LogP contribution in [-0.2, 0) is 17.1 Å². The Hall–Kier alpha value is -4.26. The van der Waals surface area contributed by atoms with E-state index in [-0.39, 0.29) is 17.7 Å². The van der Waals surface area contributed by atoms with E-state index in [4.69, 9.17) is 4.99 Å². The van der Waals surface area contributed by atoms with Gasteiger partial charge in [-0.2, -0.15) is 26.3 Å². The minimum absolute atomic E-state index is 0.0322. The van der Waals surface area contributed by atoms with Gasteiger partial charge in [0.2, 0.25) is 0 Å². The second-order valence-corrected chi connectivity index (χ2v) is 11.9. The Kier molecular flexibility index (Phi) is 8.76. The lowest BCUT2D eigenvalue weighted by molar-refractivity contribution is -0.143. The van der Waals surface area contributed by atoms with Crippen molar-refractivity contribution < 1.29 is 35.9 Å². The number of amides is 2. The number of amidine groups is 1. The van der Waals surface area contributed by atoms with Crippen LogP contribution in [0.15, 0.2) is 76.9 Å². The first-order chi connectivity index (χ1) is 21.1. The number of thioether (sulfide) groups is 1. The first kappa shape index (κ1) is 32.1. The molecule has 0 saturated carbocycles.